The molecule has 0 aliphatic heterocycles. The second-order valence-corrected chi connectivity index (χ2v) is 6.86. The van der Waals surface area contributed by atoms with E-state index in [1.54, 1.807) is 11.3 Å². The maximum atomic E-state index is 4.62. The number of thioether (sulfide) groups is 1. The molecule has 0 spiro atoms. The number of imidazole rings is 1. The van der Waals surface area contributed by atoms with Crippen molar-refractivity contribution in [2.24, 2.45) is 0 Å². The van der Waals surface area contributed by atoms with Gasteiger partial charge in [-0.1, -0.05) is 19.1 Å². The lowest BCUT2D eigenvalue weighted by molar-refractivity contribution is 0.674. The fourth-order valence-electron chi connectivity index (χ4n) is 2.16. The van der Waals surface area contributed by atoms with E-state index in [1.807, 2.05) is 11.8 Å². The Morgan fingerprint density at radius 2 is 2.33 bits per heavy atom. The molecule has 0 saturated heterocycles. The number of aromatic nitrogens is 2. The predicted octanol–water partition coefficient (Wildman–Crippen LogP) is 4.19. The van der Waals surface area contributed by atoms with Gasteiger partial charge in [-0.2, -0.15) is 0 Å². The molecule has 2 heterocycles. The van der Waals surface area contributed by atoms with Crippen molar-refractivity contribution in [3.05, 3.63) is 53.3 Å². The van der Waals surface area contributed by atoms with Gasteiger partial charge in [0.15, 0.2) is 4.96 Å². The molecule has 3 rings (SSSR count). The predicted molar refractivity (Wildman–Crippen MR) is 91.1 cm³/mol. The van der Waals surface area contributed by atoms with Gasteiger partial charge in [-0.15, -0.1) is 23.1 Å². The lowest BCUT2D eigenvalue weighted by Gasteiger charge is -2.05. The van der Waals surface area contributed by atoms with Crippen LogP contribution in [0.2, 0.25) is 0 Å². The lowest BCUT2D eigenvalue weighted by Crippen LogP contribution is -2.13. The first-order valence-electron chi connectivity index (χ1n) is 7.18. The Morgan fingerprint density at radius 3 is 3.19 bits per heavy atom. The molecule has 0 aliphatic carbocycles. The summed E-state index contributed by atoms with van der Waals surface area (Å²) in [5.41, 5.74) is 2.49. The number of hydrogen-bond acceptors (Lipinski definition) is 4. The van der Waals surface area contributed by atoms with Gasteiger partial charge in [0.2, 0.25) is 0 Å². The summed E-state index contributed by atoms with van der Waals surface area (Å²) in [6, 6.07) is 8.76. The van der Waals surface area contributed by atoms with Crippen LogP contribution in [0.4, 0.5) is 0 Å². The van der Waals surface area contributed by atoms with Crippen molar-refractivity contribution in [2.45, 2.75) is 30.5 Å². The van der Waals surface area contributed by atoms with Crippen molar-refractivity contribution in [3.63, 3.8) is 0 Å². The zero-order valence-corrected chi connectivity index (χ0v) is 13.7. The van der Waals surface area contributed by atoms with Crippen molar-refractivity contribution >= 4 is 28.1 Å². The number of hydrogen-bond donors (Lipinski definition) is 1. The zero-order chi connectivity index (χ0) is 14.5. The van der Waals surface area contributed by atoms with Crippen LogP contribution in [0.5, 0.6) is 0 Å². The molecule has 0 bridgehead atoms. The molecular formula is C16H19N3S2. The van der Waals surface area contributed by atoms with E-state index in [9.17, 15) is 0 Å². The second kappa shape index (κ2) is 7.11. The maximum absolute atomic E-state index is 4.62. The van der Waals surface area contributed by atoms with E-state index in [1.165, 1.54) is 16.9 Å². The smallest absolute Gasteiger partial charge is 0.193 e. The van der Waals surface area contributed by atoms with Crippen LogP contribution >= 0.6 is 23.1 Å². The van der Waals surface area contributed by atoms with Crippen LogP contribution in [0.3, 0.4) is 0 Å². The Bertz CT molecular complexity index is 674. The highest BCUT2D eigenvalue weighted by atomic mass is 32.2. The summed E-state index contributed by atoms with van der Waals surface area (Å²) in [4.78, 5) is 7.00. The molecule has 3 nitrogen and oxygen atoms in total. The molecule has 0 radical (unpaired) electrons. The monoisotopic (exact) mass is 317 g/mol. The van der Waals surface area contributed by atoms with Gasteiger partial charge in [-0.25, -0.2) is 4.98 Å². The van der Waals surface area contributed by atoms with Gasteiger partial charge in [0.05, 0.1) is 5.69 Å². The fourth-order valence-corrected chi connectivity index (χ4v) is 3.74. The van der Waals surface area contributed by atoms with E-state index >= 15 is 0 Å². The van der Waals surface area contributed by atoms with E-state index in [0.717, 1.165) is 29.5 Å². The van der Waals surface area contributed by atoms with Crippen molar-refractivity contribution in [1.82, 2.24) is 14.7 Å². The average Bonchev–Trinajstić information content (AvgIpc) is 3.07. The molecule has 0 saturated carbocycles. The van der Waals surface area contributed by atoms with Gasteiger partial charge in [-0.05, 0) is 30.7 Å². The Labute approximate surface area is 133 Å². The number of nitrogens with zero attached hydrogens (tertiary/aromatic N) is 2. The normalized spacial score (nSPS) is 11.3. The molecule has 0 atom stereocenters. The molecule has 110 valence electrons. The Balaban J connectivity index is 1.59. The third-order valence-corrected chi connectivity index (χ3v) is 4.98. The number of benzene rings is 1. The van der Waals surface area contributed by atoms with Gasteiger partial charge < -0.3 is 5.32 Å². The first-order valence-corrected chi connectivity index (χ1v) is 9.05. The summed E-state index contributed by atoms with van der Waals surface area (Å²) in [6.07, 6.45) is 5.35. The summed E-state index contributed by atoms with van der Waals surface area (Å²) in [5.74, 6) is 0.917. The highest BCUT2D eigenvalue weighted by Crippen LogP contribution is 2.24. The Kier molecular flexibility index (Phi) is 4.95. The van der Waals surface area contributed by atoms with Crippen LogP contribution in [-0.2, 0) is 12.3 Å². The first kappa shape index (κ1) is 14.6. The van der Waals surface area contributed by atoms with Gasteiger partial charge in [0, 0.05) is 35.0 Å². The highest BCUT2D eigenvalue weighted by molar-refractivity contribution is 7.98. The minimum Gasteiger partial charge on any atom is -0.313 e. The van der Waals surface area contributed by atoms with Gasteiger partial charge >= 0.3 is 0 Å². The molecule has 3 aromatic rings. The number of fused-ring (bicyclic) bond motifs is 1. The van der Waals surface area contributed by atoms with Crippen LogP contribution in [0.25, 0.3) is 4.96 Å². The maximum Gasteiger partial charge on any atom is 0.193 e. The summed E-state index contributed by atoms with van der Waals surface area (Å²) < 4.78 is 2.09. The molecule has 21 heavy (non-hydrogen) atoms. The van der Waals surface area contributed by atoms with Gasteiger partial charge in [0.25, 0.3) is 0 Å². The second-order valence-electron chi connectivity index (χ2n) is 4.94. The third kappa shape index (κ3) is 3.87. The van der Waals surface area contributed by atoms with E-state index in [2.05, 4.69) is 63.7 Å². The van der Waals surface area contributed by atoms with Crippen molar-refractivity contribution in [3.8, 4) is 0 Å². The van der Waals surface area contributed by atoms with Crippen LogP contribution in [0, 0.1) is 0 Å². The Morgan fingerprint density at radius 1 is 1.38 bits per heavy atom. The van der Waals surface area contributed by atoms with Gasteiger partial charge in [0.1, 0.15) is 0 Å². The first-order chi connectivity index (χ1) is 10.3. The molecule has 1 aromatic carbocycles. The van der Waals surface area contributed by atoms with Gasteiger partial charge in [-0.3, -0.25) is 4.40 Å². The summed E-state index contributed by atoms with van der Waals surface area (Å²) >= 11 is 3.52. The van der Waals surface area contributed by atoms with E-state index < -0.39 is 0 Å². The van der Waals surface area contributed by atoms with Crippen molar-refractivity contribution in [1.29, 1.82) is 0 Å². The standard InChI is InChI=1S/C16H19N3S2/c1-2-6-17-10-13-4-3-5-15(9-13)21-12-14-11-19-7-8-20-16(19)18-14/h3-5,7-9,11,17H,2,6,10,12H2,1H3. The minimum atomic E-state index is 0.917. The molecule has 1 N–H and O–H groups in total. The van der Waals surface area contributed by atoms with Crippen LogP contribution in [0.15, 0.2) is 46.9 Å². The molecule has 5 heteroatoms. The highest BCUT2D eigenvalue weighted by Gasteiger charge is 2.04. The molecule has 0 amide bonds. The fraction of sp³-hybridized carbons (Fsp3) is 0.312. The molecular weight excluding hydrogens is 298 g/mol. The van der Waals surface area contributed by atoms with E-state index in [0.29, 0.717) is 0 Å². The number of thiazole rings is 1. The molecule has 0 aliphatic rings. The Hall–Kier alpha value is -1.30. The topological polar surface area (TPSA) is 29.3 Å². The average molecular weight is 317 g/mol. The van der Waals surface area contributed by atoms with Crippen LogP contribution in [0.1, 0.15) is 24.6 Å². The summed E-state index contributed by atoms with van der Waals surface area (Å²) in [6.45, 7) is 4.21. The third-order valence-electron chi connectivity index (χ3n) is 3.18. The largest absolute Gasteiger partial charge is 0.313 e. The zero-order valence-electron chi connectivity index (χ0n) is 12.1. The van der Waals surface area contributed by atoms with E-state index in [-0.39, 0.29) is 0 Å². The minimum absolute atomic E-state index is 0.917. The molecule has 0 unspecified atom stereocenters. The SMILES string of the molecule is CCCNCc1cccc(SCc2cn3ccsc3n2)c1. The molecule has 2 aromatic heterocycles. The quantitative estimate of drug-likeness (QED) is 0.523. The van der Waals surface area contributed by atoms with Crippen LogP contribution < -0.4 is 5.32 Å². The summed E-state index contributed by atoms with van der Waals surface area (Å²) in [5, 5.41) is 5.50. The van der Waals surface area contributed by atoms with Crippen molar-refractivity contribution < 1.29 is 0 Å². The summed E-state index contributed by atoms with van der Waals surface area (Å²) in [7, 11) is 0. The van der Waals surface area contributed by atoms with E-state index in [4.69, 9.17) is 0 Å². The van der Waals surface area contributed by atoms with Crippen LogP contribution in [-0.4, -0.2) is 15.9 Å². The molecule has 0 fully saturated rings. The number of rotatable bonds is 7. The number of nitrogens with one attached hydrogen (secondary N) is 1. The van der Waals surface area contributed by atoms with Crippen molar-refractivity contribution in [2.75, 3.05) is 6.54 Å². The lowest BCUT2D eigenvalue weighted by atomic mass is 10.2.